The summed E-state index contributed by atoms with van der Waals surface area (Å²) in [6.07, 6.45) is 0. The summed E-state index contributed by atoms with van der Waals surface area (Å²) in [5, 5.41) is 2.96. The summed E-state index contributed by atoms with van der Waals surface area (Å²) >= 11 is 13.2. The standard InChI is InChI=1S/C13H11Cl2FN2OS/c1-6(8-5-11(14)20-12(8)15)18-10-4-7(13(17)19)2-3-9(10)16/h2-6,18H,1H3,(H2,17,19). The molecule has 0 radical (unpaired) electrons. The molecular weight excluding hydrogens is 322 g/mol. The van der Waals surface area contributed by atoms with Crippen molar-refractivity contribution in [3.05, 3.63) is 49.9 Å². The summed E-state index contributed by atoms with van der Waals surface area (Å²) in [5.74, 6) is -1.09. The third-order valence-electron chi connectivity index (χ3n) is 2.77. The summed E-state index contributed by atoms with van der Waals surface area (Å²) in [4.78, 5) is 11.1. The van der Waals surface area contributed by atoms with Crippen molar-refractivity contribution in [1.82, 2.24) is 0 Å². The molecule has 0 aliphatic carbocycles. The number of nitrogens with two attached hydrogens (primary N) is 1. The number of carbonyl (C=O) groups excluding carboxylic acids is 1. The Bertz CT molecular complexity index is 660. The molecule has 1 amide bonds. The van der Waals surface area contributed by atoms with Crippen LogP contribution >= 0.6 is 34.5 Å². The van der Waals surface area contributed by atoms with Crippen molar-refractivity contribution in [2.75, 3.05) is 5.32 Å². The third-order valence-corrected chi connectivity index (χ3v) is 4.29. The Morgan fingerprint density at radius 1 is 1.40 bits per heavy atom. The quantitative estimate of drug-likeness (QED) is 0.867. The minimum absolute atomic E-state index is 0.187. The van der Waals surface area contributed by atoms with Crippen LogP contribution in [0.4, 0.5) is 10.1 Å². The Morgan fingerprint density at radius 2 is 2.10 bits per heavy atom. The highest BCUT2D eigenvalue weighted by Gasteiger charge is 2.15. The van der Waals surface area contributed by atoms with Gasteiger partial charge in [-0.1, -0.05) is 23.2 Å². The van der Waals surface area contributed by atoms with Crippen molar-refractivity contribution in [2.45, 2.75) is 13.0 Å². The molecule has 0 saturated carbocycles. The van der Waals surface area contributed by atoms with Crippen LogP contribution in [-0.2, 0) is 0 Å². The molecule has 20 heavy (non-hydrogen) atoms. The van der Waals surface area contributed by atoms with Gasteiger partial charge in [-0.3, -0.25) is 4.79 Å². The predicted octanol–water partition coefficient (Wildman–Crippen LogP) is 4.47. The van der Waals surface area contributed by atoms with E-state index < -0.39 is 11.7 Å². The number of hydrogen-bond acceptors (Lipinski definition) is 3. The minimum atomic E-state index is -0.614. The second-order valence-corrected chi connectivity index (χ2v) is 6.49. The zero-order valence-corrected chi connectivity index (χ0v) is 12.7. The van der Waals surface area contributed by atoms with Gasteiger partial charge < -0.3 is 11.1 Å². The number of rotatable bonds is 4. The maximum atomic E-state index is 13.7. The molecule has 0 spiro atoms. The van der Waals surface area contributed by atoms with Gasteiger partial charge in [-0.2, -0.15) is 0 Å². The number of carbonyl (C=O) groups is 1. The SMILES string of the molecule is CC(Nc1cc(C(N)=O)ccc1F)c1cc(Cl)sc1Cl. The lowest BCUT2D eigenvalue weighted by molar-refractivity contribution is 0.100. The van der Waals surface area contributed by atoms with Crippen molar-refractivity contribution >= 4 is 46.1 Å². The van der Waals surface area contributed by atoms with Crippen LogP contribution in [0.25, 0.3) is 0 Å². The molecule has 0 saturated heterocycles. The van der Waals surface area contributed by atoms with E-state index in [0.29, 0.717) is 8.67 Å². The average molecular weight is 333 g/mol. The number of benzene rings is 1. The van der Waals surface area contributed by atoms with Gasteiger partial charge in [-0.15, -0.1) is 11.3 Å². The first-order valence-electron chi connectivity index (χ1n) is 5.69. The highest BCUT2D eigenvalue weighted by molar-refractivity contribution is 7.20. The zero-order valence-electron chi connectivity index (χ0n) is 10.4. The monoisotopic (exact) mass is 332 g/mol. The van der Waals surface area contributed by atoms with Crippen LogP contribution in [0.2, 0.25) is 8.67 Å². The highest BCUT2D eigenvalue weighted by atomic mass is 35.5. The maximum Gasteiger partial charge on any atom is 0.248 e. The van der Waals surface area contributed by atoms with Crippen molar-refractivity contribution in [3.63, 3.8) is 0 Å². The molecule has 0 bridgehead atoms. The van der Waals surface area contributed by atoms with Crippen LogP contribution in [0.3, 0.4) is 0 Å². The normalized spacial score (nSPS) is 12.2. The molecule has 2 aromatic rings. The molecule has 0 aliphatic heterocycles. The van der Waals surface area contributed by atoms with Gasteiger partial charge in [0, 0.05) is 11.1 Å². The molecular formula is C13H11Cl2FN2OS. The average Bonchev–Trinajstić information content (AvgIpc) is 2.71. The lowest BCUT2D eigenvalue weighted by Crippen LogP contribution is -2.13. The highest BCUT2D eigenvalue weighted by Crippen LogP contribution is 2.36. The van der Waals surface area contributed by atoms with Gasteiger partial charge in [0.05, 0.1) is 20.4 Å². The molecule has 3 nitrogen and oxygen atoms in total. The van der Waals surface area contributed by atoms with Gasteiger partial charge in [0.25, 0.3) is 0 Å². The summed E-state index contributed by atoms with van der Waals surface area (Å²) in [6, 6.07) is 5.36. The first kappa shape index (κ1) is 15.1. The van der Waals surface area contributed by atoms with E-state index in [9.17, 15) is 9.18 Å². The fraction of sp³-hybridized carbons (Fsp3) is 0.154. The van der Waals surface area contributed by atoms with E-state index in [2.05, 4.69) is 5.32 Å². The molecule has 1 aromatic heterocycles. The van der Waals surface area contributed by atoms with Crippen molar-refractivity contribution < 1.29 is 9.18 Å². The Morgan fingerprint density at radius 3 is 2.65 bits per heavy atom. The maximum absolute atomic E-state index is 13.7. The first-order chi connectivity index (χ1) is 9.38. The minimum Gasteiger partial charge on any atom is -0.376 e. The Labute approximate surface area is 129 Å². The molecule has 3 N–H and O–H groups in total. The van der Waals surface area contributed by atoms with Crippen LogP contribution in [0.15, 0.2) is 24.3 Å². The Kier molecular flexibility index (Phi) is 4.52. The molecule has 1 unspecified atom stereocenters. The van der Waals surface area contributed by atoms with E-state index in [4.69, 9.17) is 28.9 Å². The second kappa shape index (κ2) is 5.99. The van der Waals surface area contributed by atoms with Crippen LogP contribution < -0.4 is 11.1 Å². The fourth-order valence-corrected chi connectivity index (χ4v) is 3.39. The number of primary amides is 1. The molecule has 1 aromatic carbocycles. The summed E-state index contributed by atoms with van der Waals surface area (Å²) in [6.45, 7) is 1.82. The van der Waals surface area contributed by atoms with Gasteiger partial charge in [0.1, 0.15) is 5.82 Å². The molecule has 0 aliphatic rings. The van der Waals surface area contributed by atoms with E-state index in [1.165, 1.54) is 29.5 Å². The number of thiophene rings is 1. The van der Waals surface area contributed by atoms with E-state index in [1.807, 2.05) is 6.92 Å². The van der Waals surface area contributed by atoms with Crippen LogP contribution in [0.5, 0.6) is 0 Å². The molecule has 2 rings (SSSR count). The molecule has 0 fully saturated rings. The van der Waals surface area contributed by atoms with Crippen LogP contribution in [0, 0.1) is 5.82 Å². The van der Waals surface area contributed by atoms with Crippen molar-refractivity contribution in [1.29, 1.82) is 0 Å². The zero-order chi connectivity index (χ0) is 14.9. The largest absolute Gasteiger partial charge is 0.376 e. The number of hydrogen-bond donors (Lipinski definition) is 2. The van der Waals surface area contributed by atoms with Gasteiger partial charge in [0.2, 0.25) is 5.91 Å². The van der Waals surface area contributed by atoms with E-state index >= 15 is 0 Å². The Hall–Kier alpha value is -1.30. The first-order valence-corrected chi connectivity index (χ1v) is 7.26. The van der Waals surface area contributed by atoms with Crippen LogP contribution in [0.1, 0.15) is 28.9 Å². The van der Waals surface area contributed by atoms with Gasteiger partial charge in [-0.05, 0) is 31.2 Å². The van der Waals surface area contributed by atoms with E-state index in [1.54, 1.807) is 6.07 Å². The third kappa shape index (κ3) is 3.23. The molecule has 106 valence electrons. The van der Waals surface area contributed by atoms with Gasteiger partial charge in [-0.25, -0.2) is 4.39 Å². The van der Waals surface area contributed by atoms with Gasteiger partial charge in [0.15, 0.2) is 0 Å². The van der Waals surface area contributed by atoms with Crippen molar-refractivity contribution in [2.24, 2.45) is 5.73 Å². The number of nitrogens with one attached hydrogen (secondary N) is 1. The molecule has 1 atom stereocenters. The lowest BCUT2D eigenvalue weighted by atomic mass is 10.1. The van der Waals surface area contributed by atoms with E-state index in [0.717, 1.165) is 5.56 Å². The van der Waals surface area contributed by atoms with Crippen molar-refractivity contribution in [3.8, 4) is 0 Å². The smallest absolute Gasteiger partial charge is 0.248 e. The number of amides is 1. The van der Waals surface area contributed by atoms with E-state index in [-0.39, 0.29) is 17.3 Å². The number of anilines is 1. The fourth-order valence-electron chi connectivity index (χ4n) is 1.75. The Balaban J connectivity index is 2.27. The summed E-state index contributed by atoms with van der Waals surface area (Å²) in [5.41, 5.74) is 6.36. The van der Waals surface area contributed by atoms with Gasteiger partial charge >= 0.3 is 0 Å². The predicted molar refractivity (Wildman–Crippen MR) is 81.3 cm³/mol. The number of halogens is 3. The summed E-state index contributed by atoms with van der Waals surface area (Å²) in [7, 11) is 0. The topological polar surface area (TPSA) is 55.1 Å². The van der Waals surface area contributed by atoms with Crippen LogP contribution in [-0.4, -0.2) is 5.91 Å². The summed E-state index contributed by atoms with van der Waals surface area (Å²) < 4.78 is 14.8. The molecule has 7 heteroatoms. The molecule has 1 heterocycles. The second-order valence-electron chi connectivity index (χ2n) is 4.20. The lowest BCUT2D eigenvalue weighted by Gasteiger charge is -2.16.